The molecule has 20 heavy (non-hydrogen) atoms. The summed E-state index contributed by atoms with van der Waals surface area (Å²) in [5.41, 5.74) is 10.4. The monoisotopic (exact) mass is 265 g/mol. The summed E-state index contributed by atoms with van der Waals surface area (Å²) in [6, 6.07) is 7.70. The number of hydrogen-bond acceptors (Lipinski definition) is 4. The Balaban J connectivity index is 1.97. The summed E-state index contributed by atoms with van der Waals surface area (Å²) in [5.74, 6) is 0.717. The molecule has 3 aromatic rings. The first-order chi connectivity index (χ1) is 9.63. The first-order valence-corrected chi connectivity index (χ1v) is 6.35. The summed E-state index contributed by atoms with van der Waals surface area (Å²) in [5, 5.41) is 4.34. The van der Waals surface area contributed by atoms with Gasteiger partial charge in [-0.3, -0.25) is 4.98 Å². The number of nitrogens with zero attached hydrogens (tertiary/aromatic N) is 4. The molecule has 0 bridgehead atoms. The van der Waals surface area contributed by atoms with Gasteiger partial charge < -0.3 is 5.73 Å². The Morgan fingerprint density at radius 3 is 2.40 bits per heavy atom. The minimum Gasteiger partial charge on any atom is -0.399 e. The van der Waals surface area contributed by atoms with Crippen molar-refractivity contribution in [1.82, 2.24) is 19.7 Å². The van der Waals surface area contributed by atoms with Crippen LogP contribution in [0.25, 0.3) is 16.9 Å². The molecule has 0 fully saturated rings. The minimum atomic E-state index is 0.717. The fraction of sp³-hybridized carbons (Fsp3) is 0.133. The summed E-state index contributed by atoms with van der Waals surface area (Å²) in [6.45, 7) is 3.88. The van der Waals surface area contributed by atoms with Crippen molar-refractivity contribution in [3.05, 3.63) is 54.2 Å². The molecule has 100 valence electrons. The fourth-order valence-corrected chi connectivity index (χ4v) is 1.91. The summed E-state index contributed by atoms with van der Waals surface area (Å²) < 4.78 is 1.73. The molecular formula is C15H15N5. The normalized spacial score (nSPS) is 10.7. The molecule has 5 nitrogen and oxygen atoms in total. The number of nitrogens with two attached hydrogens (primary N) is 1. The largest absolute Gasteiger partial charge is 0.399 e. The minimum absolute atomic E-state index is 0.717. The van der Waals surface area contributed by atoms with Gasteiger partial charge in [-0.2, -0.15) is 5.10 Å². The quantitative estimate of drug-likeness (QED) is 0.723. The molecule has 0 aliphatic heterocycles. The molecule has 0 aliphatic rings. The molecule has 2 aromatic heterocycles. The highest BCUT2D eigenvalue weighted by molar-refractivity contribution is 5.64. The van der Waals surface area contributed by atoms with Gasteiger partial charge >= 0.3 is 0 Å². The van der Waals surface area contributed by atoms with Gasteiger partial charge in [0.2, 0.25) is 0 Å². The zero-order valence-corrected chi connectivity index (χ0v) is 11.4. The lowest BCUT2D eigenvalue weighted by molar-refractivity contribution is 0.824. The molecule has 5 heteroatoms. The second-order valence-corrected chi connectivity index (χ2v) is 4.69. The van der Waals surface area contributed by atoms with Gasteiger partial charge in [0.1, 0.15) is 0 Å². The standard InChI is InChI=1S/C15H15N5/c1-10-11(2)19-15(8-17-10)20-9-13(7-18-20)12-3-5-14(16)6-4-12/h3-9H,16H2,1-2H3. The molecule has 0 amide bonds. The number of benzene rings is 1. The average molecular weight is 265 g/mol. The molecule has 2 N–H and O–H groups in total. The maximum Gasteiger partial charge on any atom is 0.172 e. The van der Waals surface area contributed by atoms with E-state index < -0.39 is 0 Å². The van der Waals surface area contributed by atoms with Crippen molar-refractivity contribution in [2.24, 2.45) is 0 Å². The van der Waals surface area contributed by atoms with Crippen molar-refractivity contribution < 1.29 is 0 Å². The summed E-state index contributed by atoms with van der Waals surface area (Å²) >= 11 is 0. The van der Waals surface area contributed by atoms with Crippen LogP contribution in [0.3, 0.4) is 0 Å². The van der Waals surface area contributed by atoms with E-state index in [1.165, 1.54) is 0 Å². The first-order valence-electron chi connectivity index (χ1n) is 6.35. The van der Waals surface area contributed by atoms with Gasteiger partial charge in [0.15, 0.2) is 5.82 Å². The molecule has 0 spiro atoms. The van der Waals surface area contributed by atoms with Crippen molar-refractivity contribution in [3.63, 3.8) is 0 Å². The highest BCUT2D eigenvalue weighted by Gasteiger charge is 2.06. The van der Waals surface area contributed by atoms with Crippen LogP contribution in [0.5, 0.6) is 0 Å². The van der Waals surface area contributed by atoms with E-state index in [0.29, 0.717) is 0 Å². The van der Waals surface area contributed by atoms with Crippen molar-refractivity contribution in [2.45, 2.75) is 13.8 Å². The zero-order chi connectivity index (χ0) is 14.1. The number of anilines is 1. The second kappa shape index (κ2) is 4.77. The topological polar surface area (TPSA) is 69.6 Å². The summed E-state index contributed by atoms with van der Waals surface area (Å²) in [7, 11) is 0. The Labute approximate surface area is 117 Å². The van der Waals surface area contributed by atoms with Crippen molar-refractivity contribution in [1.29, 1.82) is 0 Å². The van der Waals surface area contributed by atoms with E-state index in [2.05, 4.69) is 15.1 Å². The predicted molar refractivity (Wildman–Crippen MR) is 78.5 cm³/mol. The number of rotatable bonds is 2. The Morgan fingerprint density at radius 2 is 1.70 bits per heavy atom. The molecule has 0 unspecified atom stereocenters. The Bertz CT molecular complexity index is 743. The maximum atomic E-state index is 5.69. The Kier molecular flexibility index (Phi) is 2.95. The van der Waals surface area contributed by atoms with Crippen LogP contribution in [-0.4, -0.2) is 19.7 Å². The maximum absolute atomic E-state index is 5.69. The Hall–Kier alpha value is -2.69. The molecular weight excluding hydrogens is 250 g/mol. The van der Waals surface area contributed by atoms with Crippen LogP contribution in [0.2, 0.25) is 0 Å². The van der Waals surface area contributed by atoms with E-state index in [0.717, 1.165) is 34.0 Å². The highest BCUT2D eigenvalue weighted by atomic mass is 15.3. The van der Waals surface area contributed by atoms with Crippen LogP contribution in [0, 0.1) is 13.8 Å². The molecule has 3 rings (SSSR count). The lowest BCUT2D eigenvalue weighted by Gasteiger charge is -2.03. The van der Waals surface area contributed by atoms with Gasteiger partial charge in [-0.25, -0.2) is 9.67 Å². The van der Waals surface area contributed by atoms with Gasteiger partial charge in [-0.05, 0) is 31.5 Å². The van der Waals surface area contributed by atoms with Crippen LogP contribution in [-0.2, 0) is 0 Å². The molecule has 0 atom stereocenters. The van der Waals surface area contributed by atoms with E-state index in [4.69, 9.17) is 5.73 Å². The number of aromatic nitrogens is 4. The van der Waals surface area contributed by atoms with Crippen molar-refractivity contribution >= 4 is 5.69 Å². The van der Waals surface area contributed by atoms with Crippen molar-refractivity contribution in [2.75, 3.05) is 5.73 Å². The van der Waals surface area contributed by atoms with E-state index >= 15 is 0 Å². The third-order valence-electron chi connectivity index (χ3n) is 3.24. The number of aryl methyl sites for hydroxylation is 2. The van der Waals surface area contributed by atoms with E-state index in [1.54, 1.807) is 10.9 Å². The third kappa shape index (κ3) is 2.25. The van der Waals surface area contributed by atoms with Crippen molar-refractivity contribution in [3.8, 4) is 16.9 Å². The van der Waals surface area contributed by atoms with Gasteiger partial charge in [-0.15, -0.1) is 0 Å². The highest BCUT2D eigenvalue weighted by Crippen LogP contribution is 2.20. The molecule has 2 heterocycles. The van der Waals surface area contributed by atoms with Gasteiger partial charge in [0.05, 0.1) is 23.8 Å². The van der Waals surface area contributed by atoms with Crippen LogP contribution in [0.4, 0.5) is 5.69 Å². The predicted octanol–water partition coefficient (Wildman–Crippen LogP) is 2.53. The molecule has 0 aliphatic carbocycles. The molecule has 0 saturated heterocycles. The van der Waals surface area contributed by atoms with Crippen LogP contribution < -0.4 is 5.73 Å². The zero-order valence-electron chi connectivity index (χ0n) is 11.4. The van der Waals surface area contributed by atoms with E-state index in [1.807, 2.05) is 50.5 Å². The lowest BCUT2D eigenvalue weighted by Crippen LogP contribution is -2.02. The van der Waals surface area contributed by atoms with E-state index in [-0.39, 0.29) is 0 Å². The number of nitrogen functional groups attached to an aromatic ring is 1. The summed E-state index contributed by atoms with van der Waals surface area (Å²) in [4.78, 5) is 8.79. The van der Waals surface area contributed by atoms with Gasteiger partial charge in [0.25, 0.3) is 0 Å². The molecule has 1 aromatic carbocycles. The second-order valence-electron chi connectivity index (χ2n) is 4.69. The smallest absolute Gasteiger partial charge is 0.172 e. The molecule has 0 saturated carbocycles. The lowest BCUT2D eigenvalue weighted by atomic mass is 10.1. The average Bonchev–Trinajstić information content (AvgIpc) is 2.92. The van der Waals surface area contributed by atoms with Gasteiger partial charge in [-0.1, -0.05) is 12.1 Å². The number of hydrogen-bond donors (Lipinski definition) is 1. The Morgan fingerprint density at radius 1 is 0.950 bits per heavy atom. The summed E-state index contributed by atoms with van der Waals surface area (Å²) in [6.07, 6.45) is 5.47. The van der Waals surface area contributed by atoms with Gasteiger partial charge in [0, 0.05) is 17.4 Å². The van der Waals surface area contributed by atoms with Crippen LogP contribution in [0.1, 0.15) is 11.4 Å². The fourth-order valence-electron chi connectivity index (χ4n) is 1.91. The molecule has 0 radical (unpaired) electrons. The van der Waals surface area contributed by atoms with Crippen LogP contribution in [0.15, 0.2) is 42.9 Å². The third-order valence-corrected chi connectivity index (χ3v) is 3.24. The first kappa shape index (κ1) is 12.3. The van der Waals surface area contributed by atoms with E-state index in [9.17, 15) is 0 Å². The SMILES string of the molecule is Cc1ncc(-n2cc(-c3ccc(N)cc3)cn2)nc1C. The van der Waals surface area contributed by atoms with Crippen LogP contribution >= 0.6 is 0 Å².